The molecule has 0 bridgehead atoms. The van der Waals surface area contributed by atoms with Crippen LogP contribution in [0.5, 0.6) is 0 Å². The Balaban J connectivity index is 0.964. The fourth-order valence-electron chi connectivity index (χ4n) is 12.0. The summed E-state index contributed by atoms with van der Waals surface area (Å²) in [6.07, 6.45) is -29.6. The molecule has 3 saturated heterocycles. The first-order valence-corrected chi connectivity index (χ1v) is 34.4. The van der Waals surface area contributed by atoms with Crippen molar-refractivity contribution in [2.45, 2.75) is 99.0 Å². The summed E-state index contributed by atoms with van der Waals surface area (Å²) in [6.45, 7) is -1.73. The van der Waals surface area contributed by atoms with Crippen LogP contribution >= 0.6 is 0 Å². The van der Waals surface area contributed by atoms with E-state index in [9.17, 15) is 53.1 Å². The second kappa shape index (κ2) is 36.6. The fourth-order valence-corrected chi connectivity index (χ4v) is 12.0. The van der Waals surface area contributed by atoms with Gasteiger partial charge in [0.1, 0.15) is 24.9 Å². The molecule has 0 radical (unpaired) electrons. The van der Waals surface area contributed by atoms with Gasteiger partial charge in [0.15, 0.2) is 73.8 Å². The minimum Gasteiger partial charge on any atom is -0.459 e. The van der Waals surface area contributed by atoms with Gasteiger partial charge in [0.25, 0.3) is 0 Å². The molecule has 0 aromatic heterocycles. The van der Waals surface area contributed by atoms with E-state index in [0.29, 0.717) is 0 Å². The summed E-state index contributed by atoms with van der Waals surface area (Å²) in [5, 5.41) is 12.1. The van der Waals surface area contributed by atoms with Crippen LogP contribution in [0.4, 0.5) is 0 Å². The molecular formula is C83H70O26. The summed E-state index contributed by atoms with van der Waals surface area (Å²) in [6, 6.07) is 68.1. The molecule has 12 rings (SSSR count). The van der Waals surface area contributed by atoms with Crippen molar-refractivity contribution in [1.29, 1.82) is 0 Å². The quantitative estimate of drug-likeness (QED) is 0.0389. The van der Waals surface area contributed by atoms with Gasteiger partial charge in [-0.1, -0.05) is 164 Å². The average Bonchev–Trinajstić information content (AvgIpc) is 0.771. The fraction of sp³-hybridized carbons (Fsp3) is 0.229. The molecule has 0 unspecified atom stereocenters. The van der Waals surface area contributed by atoms with E-state index in [1.165, 1.54) is 170 Å². The van der Waals surface area contributed by atoms with Crippen LogP contribution in [0.25, 0.3) is 0 Å². The highest BCUT2D eigenvalue weighted by Crippen LogP contribution is 2.37. The van der Waals surface area contributed by atoms with Crippen molar-refractivity contribution in [1.82, 2.24) is 0 Å². The number of rotatable bonds is 26. The predicted molar refractivity (Wildman–Crippen MR) is 378 cm³/mol. The molecule has 0 saturated carbocycles. The topological polar surface area (TPSA) is 329 Å². The number of carbonyl (C=O) groups excluding carboxylic acids is 10. The van der Waals surface area contributed by atoms with Crippen molar-refractivity contribution in [2.75, 3.05) is 19.8 Å². The number of ether oxygens (including phenoxy) is 15. The van der Waals surface area contributed by atoms with Crippen LogP contribution in [0.1, 0.15) is 100 Å². The maximum atomic E-state index is 14.7. The zero-order valence-electron chi connectivity index (χ0n) is 57.9. The minimum atomic E-state index is -2.23. The largest absolute Gasteiger partial charge is 0.459 e. The first-order valence-electron chi connectivity index (χ1n) is 34.4. The molecule has 9 aromatic rings. The maximum absolute atomic E-state index is 14.7. The summed E-state index contributed by atoms with van der Waals surface area (Å²) in [4.78, 5) is 144. The third-order valence-electron chi connectivity index (χ3n) is 17.4. The van der Waals surface area contributed by atoms with Crippen LogP contribution in [0.2, 0.25) is 0 Å². The summed E-state index contributed by atoms with van der Waals surface area (Å²) >= 11 is 0. The maximum Gasteiger partial charge on any atom is 0.338 e. The smallest absolute Gasteiger partial charge is 0.338 e. The zero-order chi connectivity index (χ0) is 76.2. The van der Waals surface area contributed by atoms with Crippen molar-refractivity contribution in [3.63, 3.8) is 0 Å². The lowest BCUT2D eigenvalue weighted by Gasteiger charge is -2.47. The van der Waals surface area contributed by atoms with Crippen LogP contribution in [0.3, 0.4) is 0 Å². The number of aliphatic hydroxyl groups is 1. The van der Waals surface area contributed by atoms with Gasteiger partial charge in [0, 0.05) is 6.92 Å². The molecule has 15 atom stereocenters. The highest BCUT2D eigenvalue weighted by atomic mass is 16.8. The van der Waals surface area contributed by atoms with Gasteiger partial charge in [-0.25, -0.2) is 43.2 Å². The van der Waals surface area contributed by atoms with Crippen LogP contribution in [-0.4, -0.2) is 177 Å². The van der Waals surface area contributed by atoms with E-state index < -0.39 is 172 Å². The summed E-state index contributed by atoms with van der Waals surface area (Å²) in [5.41, 5.74) is -0.207. The van der Waals surface area contributed by atoms with Gasteiger partial charge in [-0.05, 0) is 109 Å². The predicted octanol–water partition coefficient (Wildman–Crippen LogP) is 9.78. The number of benzene rings is 9. The molecular weight excluding hydrogens is 1410 g/mol. The lowest BCUT2D eigenvalue weighted by Crippen LogP contribution is -2.66. The monoisotopic (exact) mass is 1480 g/mol. The zero-order valence-corrected chi connectivity index (χ0v) is 57.9. The summed E-state index contributed by atoms with van der Waals surface area (Å²) in [5.74, 6) is -10.4. The Morgan fingerprint density at radius 3 is 0.716 bits per heavy atom. The first kappa shape index (κ1) is 76.1. The average molecular weight is 1480 g/mol. The van der Waals surface area contributed by atoms with Crippen molar-refractivity contribution >= 4 is 59.7 Å². The lowest BCUT2D eigenvalue weighted by atomic mass is 9.96. The van der Waals surface area contributed by atoms with Crippen molar-refractivity contribution < 1.29 is 124 Å². The molecule has 3 aliphatic rings. The Labute approximate surface area is 623 Å². The van der Waals surface area contributed by atoms with E-state index in [1.807, 2.05) is 0 Å². The third kappa shape index (κ3) is 19.6. The van der Waals surface area contributed by atoms with Crippen LogP contribution < -0.4 is 0 Å². The van der Waals surface area contributed by atoms with Gasteiger partial charge in [-0.15, -0.1) is 0 Å². The summed E-state index contributed by atoms with van der Waals surface area (Å²) < 4.78 is 94.6. The van der Waals surface area contributed by atoms with Crippen molar-refractivity contribution in [3.8, 4) is 0 Å². The van der Waals surface area contributed by atoms with Crippen LogP contribution in [0.15, 0.2) is 273 Å². The Bertz CT molecular complexity index is 4570. The van der Waals surface area contributed by atoms with Gasteiger partial charge in [-0.3, -0.25) is 4.79 Å². The van der Waals surface area contributed by atoms with Crippen LogP contribution in [-0.2, 0) is 75.8 Å². The highest BCUT2D eigenvalue weighted by molar-refractivity contribution is 5.94. The van der Waals surface area contributed by atoms with Gasteiger partial charge >= 0.3 is 59.7 Å². The van der Waals surface area contributed by atoms with E-state index >= 15 is 0 Å². The molecule has 9 aromatic carbocycles. The van der Waals surface area contributed by atoms with E-state index in [-0.39, 0.29) is 50.1 Å². The van der Waals surface area contributed by atoms with E-state index in [4.69, 9.17) is 71.1 Å². The van der Waals surface area contributed by atoms with E-state index in [0.717, 1.165) is 6.92 Å². The molecule has 0 aliphatic carbocycles. The Kier molecular flexibility index (Phi) is 25.6. The first-order chi connectivity index (χ1) is 53.0. The molecule has 0 amide bonds. The second-order valence-electron chi connectivity index (χ2n) is 24.7. The Morgan fingerprint density at radius 2 is 0.450 bits per heavy atom. The third-order valence-corrected chi connectivity index (χ3v) is 17.4. The lowest BCUT2D eigenvalue weighted by molar-refractivity contribution is -0.338. The molecule has 3 fully saturated rings. The Hall–Kier alpha value is -12.6. The van der Waals surface area contributed by atoms with Crippen LogP contribution in [0, 0.1) is 0 Å². The van der Waals surface area contributed by atoms with E-state index in [1.54, 1.807) is 103 Å². The number of hydrogen-bond donors (Lipinski definition) is 1. The Morgan fingerprint density at radius 1 is 0.248 bits per heavy atom. The van der Waals surface area contributed by atoms with Gasteiger partial charge in [0.2, 0.25) is 0 Å². The van der Waals surface area contributed by atoms with Gasteiger partial charge < -0.3 is 76.2 Å². The minimum absolute atomic E-state index is 0.00134. The number of aliphatic hydroxyl groups excluding tert-OH is 1. The van der Waals surface area contributed by atoms with E-state index in [2.05, 4.69) is 0 Å². The molecule has 3 heterocycles. The van der Waals surface area contributed by atoms with Crippen molar-refractivity contribution in [2.24, 2.45) is 0 Å². The van der Waals surface area contributed by atoms with Gasteiger partial charge in [-0.2, -0.15) is 0 Å². The standard InChI is InChI=1S/C83H70O26/c1-50(84)98-70-67(106-77(90)56-39-21-7-22-40-56)65(104-75(88)54-35-17-5-18-36-54)62(101-82(70)96-48-60-63(102-73(86)52-31-13-3-14-32-52)66(105-76(89)55-37-19-6-20-38-55)69(81(94)99-60)108-79(92)58-43-25-9-26-44-58)49-97-83-71(109-80(93)59-45-27-10-28-46-59)68(107-78(91)57-41-23-8-24-42-57)64(103-74(87)53-33-15-4-16-34-53)61(100-83)47-95-72(85)51-29-11-2-12-30-51/h2-46,60-71,81-83,94H,47-49H2,1H3/t60-,61-,62-,63+,64+,65+,66+,67+,68+,69-,70-,71-,81-,82-,83-/m1/s1. The second-order valence-corrected chi connectivity index (χ2v) is 24.7. The normalized spacial score (nSPS) is 23.5. The van der Waals surface area contributed by atoms with Gasteiger partial charge in [0.05, 0.1) is 63.3 Å². The number of hydrogen-bond acceptors (Lipinski definition) is 26. The molecule has 26 heteroatoms. The summed E-state index contributed by atoms with van der Waals surface area (Å²) in [7, 11) is 0. The number of esters is 10. The molecule has 1 N–H and O–H groups in total. The molecule has 26 nitrogen and oxygen atoms in total. The number of carbonyl (C=O) groups is 10. The SMILES string of the molecule is CC(=O)O[C@H]1[C@H](OC[C@H]2O[C@@H](O)[C@H](OC(=O)c3ccccc3)[C@@H](OC(=O)c3ccccc3)[C@H]2OC(=O)c2ccccc2)O[C@H](CO[C@@H]2O[C@H](COC(=O)c3ccccc3)[C@H](OC(=O)c3ccccc3)[C@H](OC(=O)c3ccccc3)[C@H]2OC(=O)c2ccccc2)[C@H](OC(=O)c2ccccc2)[C@@H]1OC(=O)c1ccccc1. The molecule has 3 aliphatic heterocycles. The van der Waals surface area contributed by atoms with Crippen molar-refractivity contribution in [3.05, 3.63) is 323 Å². The molecule has 558 valence electrons. The highest BCUT2D eigenvalue weighted by Gasteiger charge is 2.58. The molecule has 109 heavy (non-hydrogen) atoms. The molecule has 0 spiro atoms.